The van der Waals surface area contributed by atoms with Gasteiger partial charge >= 0.3 is 0 Å². The molecule has 6 heteroatoms. The Bertz CT molecular complexity index is 761. The minimum atomic E-state index is -0.381. The van der Waals surface area contributed by atoms with Gasteiger partial charge in [-0.15, -0.1) is 0 Å². The van der Waals surface area contributed by atoms with Crippen LogP contribution in [0.15, 0.2) is 42.6 Å². The fourth-order valence-corrected chi connectivity index (χ4v) is 3.38. The fraction of sp³-hybridized carbons (Fsp3) is 0.421. The molecule has 1 aromatic heterocycles. The second kappa shape index (κ2) is 6.80. The summed E-state index contributed by atoms with van der Waals surface area (Å²) in [5.41, 5.74) is 2.03. The molecule has 1 aliphatic rings. The van der Waals surface area contributed by atoms with Gasteiger partial charge in [-0.2, -0.15) is 0 Å². The maximum Gasteiger partial charge on any atom is 0.290 e. The first kappa shape index (κ1) is 17.4. The quantitative estimate of drug-likeness (QED) is 0.630. The Morgan fingerprint density at radius 1 is 1.24 bits per heavy atom. The summed E-state index contributed by atoms with van der Waals surface area (Å²) in [6, 6.07) is 12.3. The van der Waals surface area contributed by atoms with Crippen molar-refractivity contribution < 1.29 is 4.92 Å². The summed E-state index contributed by atoms with van der Waals surface area (Å²) in [4.78, 5) is 19.6. The average molecular weight is 340 g/mol. The molecule has 2 heterocycles. The van der Waals surface area contributed by atoms with E-state index in [-0.39, 0.29) is 16.1 Å². The second-order valence-electron chi connectivity index (χ2n) is 7.23. The first-order chi connectivity index (χ1) is 11.9. The van der Waals surface area contributed by atoms with Gasteiger partial charge < -0.3 is 4.90 Å². The van der Waals surface area contributed by atoms with Crippen molar-refractivity contribution in [1.82, 2.24) is 9.88 Å². The van der Waals surface area contributed by atoms with E-state index < -0.39 is 0 Å². The highest BCUT2D eigenvalue weighted by molar-refractivity contribution is 5.49. The lowest BCUT2D eigenvalue weighted by Gasteiger charge is -2.47. The number of nitrogens with zero attached hydrogens (tertiary/aromatic N) is 4. The summed E-state index contributed by atoms with van der Waals surface area (Å²) in [7, 11) is 0. The summed E-state index contributed by atoms with van der Waals surface area (Å²) in [5, 5.41) is 11.0. The molecule has 0 amide bonds. The van der Waals surface area contributed by atoms with Crippen LogP contribution in [0.3, 0.4) is 0 Å². The molecule has 0 atom stereocenters. The Morgan fingerprint density at radius 3 is 2.56 bits per heavy atom. The number of hydrogen-bond donors (Lipinski definition) is 0. The number of piperazine rings is 1. The lowest BCUT2D eigenvalue weighted by atomic mass is 9.97. The van der Waals surface area contributed by atoms with Crippen LogP contribution in [0.4, 0.5) is 11.5 Å². The van der Waals surface area contributed by atoms with Gasteiger partial charge in [0.05, 0.1) is 4.92 Å². The van der Waals surface area contributed by atoms with Crippen molar-refractivity contribution >= 4 is 11.5 Å². The van der Waals surface area contributed by atoms with E-state index in [1.807, 2.05) is 12.1 Å². The van der Waals surface area contributed by atoms with Crippen molar-refractivity contribution in [3.8, 4) is 0 Å². The van der Waals surface area contributed by atoms with Crippen molar-refractivity contribution in [2.75, 3.05) is 24.5 Å². The van der Waals surface area contributed by atoms with Gasteiger partial charge in [0.15, 0.2) is 0 Å². The summed E-state index contributed by atoms with van der Waals surface area (Å²) in [6.07, 6.45) is 1.37. The van der Waals surface area contributed by atoms with Crippen LogP contribution >= 0.6 is 0 Å². The smallest absolute Gasteiger partial charge is 0.290 e. The Morgan fingerprint density at radius 2 is 1.96 bits per heavy atom. The third-order valence-corrected chi connectivity index (χ3v) is 4.88. The minimum absolute atomic E-state index is 0.00848. The van der Waals surface area contributed by atoms with Crippen LogP contribution in [0.5, 0.6) is 0 Å². The van der Waals surface area contributed by atoms with Crippen LogP contribution in [0.25, 0.3) is 0 Å². The molecule has 25 heavy (non-hydrogen) atoms. The number of aromatic nitrogens is 1. The van der Waals surface area contributed by atoms with Gasteiger partial charge in [-0.25, -0.2) is 4.98 Å². The van der Waals surface area contributed by atoms with Crippen LogP contribution < -0.4 is 4.90 Å². The van der Waals surface area contributed by atoms with Gasteiger partial charge in [-0.3, -0.25) is 15.0 Å². The van der Waals surface area contributed by atoms with Crippen LogP contribution in [-0.4, -0.2) is 40.0 Å². The molecular weight excluding hydrogens is 316 g/mol. The first-order valence-electron chi connectivity index (χ1n) is 8.52. The lowest BCUT2D eigenvalue weighted by molar-refractivity contribution is -0.385. The molecule has 3 rings (SSSR count). The monoisotopic (exact) mass is 340 g/mol. The van der Waals surface area contributed by atoms with Gasteiger partial charge in [0.2, 0.25) is 0 Å². The van der Waals surface area contributed by atoms with E-state index in [1.54, 1.807) is 6.92 Å². The molecule has 6 nitrogen and oxygen atoms in total. The van der Waals surface area contributed by atoms with Gasteiger partial charge in [0, 0.05) is 37.3 Å². The number of pyridine rings is 1. The Kier molecular flexibility index (Phi) is 4.72. The molecule has 0 N–H and O–H groups in total. The number of nitro groups is 1. The van der Waals surface area contributed by atoms with E-state index in [4.69, 9.17) is 0 Å². The highest BCUT2D eigenvalue weighted by atomic mass is 16.6. The van der Waals surface area contributed by atoms with Gasteiger partial charge in [-0.05, 0) is 32.4 Å². The topological polar surface area (TPSA) is 62.5 Å². The van der Waals surface area contributed by atoms with E-state index in [0.717, 1.165) is 32.0 Å². The maximum absolute atomic E-state index is 11.0. The minimum Gasteiger partial charge on any atom is -0.353 e. The molecule has 1 aromatic carbocycles. The van der Waals surface area contributed by atoms with Gasteiger partial charge in [-0.1, -0.05) is 30.3 Å². The van der Waals surface area contributed by atoms with Gasteiger partial charge in [0.1, 0.15) is 12.0 Å². The van der Waals surface area contributed by atoms with E-state index >= 15 is 0 Å². The van der Waals surface area contributed by atoms with Gasteiger partial charge in [0.25, 0.3) is 5.69 Å². The van der Waals surface area contributed by atoms with E-state index in [0.29, 0.717) is 5.56 Å². The molecule has 0 spiro atoms. The molecule has 132 valence electrons. The summed E-state index contributed by atoms with van der Waals surface area (Å²) in [6.45, 7) is 9.79. The van der Waals surface area contributed by atoms with Crippen LogP contribution in [-0.2, 0) is 6.54 Å². The number of benzene rings is 1. The zero-order chi connectivity index (χ0) is 18.0. The zero-order valence-electron chi connectivity index (χ0n) is 15.0. The molecular formula is C19H24N4O2. The fourth-order valence-electron chi connectivity index (χ4n) is 3.38. The number of anilines is 1. The van der Waals surface area contributed by atoms with Crippen molar-refractivity contribution in [3.05, 3.63) is 63.8 Å². The van der Waals surface area contributed by atoms with Crippen molar-refractivity contribution in [1.29, 1.82) is 0 Å². The summed E-state index contributed by atoms with van der Waals surface area (Å²) in [5.74, 6) is 0.815. The van der Waals surface area contributed by atoms with Crippen molar-refractivity contribution in [3.63, 3.8) is 0 Å². The predicted octanol–water partition coefficient (Wildman–Crippen LogP) is 3.40. The number of hydrogen-bond acceptors (Lipinski definition) is 5. The van der Waals surface area contributed by atoms with Crippen LogP contribution in [0.1, 0.15) is 25.0 Å². The highest BCUT2D eigenvalue weighted by Gasteiger charge is 2.34. The van der Waals surface area contributed by atoms with E-state index in [9.17, 15) is 10.1 Å². The van der Waals surface area contributed by atoms with E-state index in [1.165, 1.54) is 11.8 Å². The lowest BCUT2D eigenvalue weighted by Crippen LogP contribution is -2.59. The number of rotatable bonds is 4. The van der Waals surface area contributed by atoms with E-state index in [2.05, 4.69) is 52.9 Å². The molecule has 0 saturated carbocycles. The molecule has 0 aliphatic carbocycles. The molecule has 1 aliphatic heterocycles. The molecule has 1 saturated heterocycles. The van der Waals surface area contributed by atoms with Crippen LogP contribution in [0.2, 0.25) is 0 Å². The van der Waals surface area contributed by atoms with Crippen molar-refractivity contribution in [2.45, 2.75) is 32.9 Å². The van der Waals surface area contributed by atoms with Crippen molar-refractivity contribution in [2.24, 2.45) is 0 Å². The third-order valence-electron chi connectivity index (χ3n) is 4.88. The average Bonchev–Trinajstić information content (AvgIpc) is 2.57. The summed E-state index contributed by atoms with van der Waals surface area (Å²) < 4.78 is 0. The Hall–Kier alpha value is -2.47. The Balaban J connectivity index is 1.74. The third kappa shape index (κ3) is 3.79. The largest absolute Gasteiger partial charge is 0.353 e. The molecule has 0 bridgehead atoms. The second-order valence-corrected chi connectivity index (χ2v) is 7.23. The first-order valence-corrected chi connectivity index (χ1v) is 8.52. The van der Waals surface area contributed by atoms with Crippen LogP contribution in [0, 0.1) is 17.0 Å². The molecule has 1 fully saturated rings. The Labute approximate surface area is 148 Å². The molecule has 2 aromatic rings. The SMILES string of the molecule is Cc1cc(N2CCN(Cc3ccccc3)C(C)(C)C2)ncc1[N+](=O)[O-]. The summed E-state index contributed by atoms with van der Waals surface area (Å²) >= 11 is 0. The maximum atomic E-state index is 11.0. The normalized spacial score (nSPS) is 17.5. The standard InChI is InChI=1S/C19H24N4O2/c1-15-11-18(20-12-17(15)23(24)25)21-9-10-22(19(2,3)14-21)13-16-7-5-4-6-8-16/h4-8,11-12H,9-10,13-14H2,1-3H3. The predicted molar refractivity (Wildman–Crippen MR) is 98.8 cm³/mol. The molecule has 0 unspecified atom stereocenters. The highest BCUT2D eigenvalue weighted by Crippen LogP contribution is 2.28. The zero-order valence-corrected chi connectivity index (χ0v) is 15.0. The number of aryl methyl sites for hydroxylation is 1. The molecule has 0 radical (unpaired) electrons.